The Morgan fingerprint density at radius 3 is 2.64 bits per heavy atom. The van der Waals surface area contributed by atoms with Crippen LogP contribution in [-0.2, 0) is 20.0 Å². The van der Waals surface area contributed by atoms with Gasteiger partial charge in [-0.25, -0.2) is 4.98 Å². The fourth-order valence-corrected chi connectivity index (χ4v) is 3.22. The van der Waals surface area contributed by atoms with Crippen LogP contribution in [0.25, 0.3) is 0 Å². The summed E-state index contributed by atoms with van der Waals surface area (Å²) in [6.07, 6.45) is 6.10. The van der Waals surface area contributed by atoms with Crippen LogP contribution in [0.3, 0.4) is 0 Å². The van der Waals surface area contributed by atoms with Crippen LogP contribution in [0.4, 0.5) is 0 Å². The zero-order chi connectivity index (χ0) is 15.5. The summed E-state index contributed by atoms with van der Waals surface area (Å²) >= 11 is 0. The van der Waals surface area contributed by atoms with Gasteiger partial charge in [0.1, 0.15) is 23.4 Å². The van der Waals surface area contributed by atoms with Crippen molar-refractivity contribution in [3.05, 3.63) is 41.9 Å². The Bertz CT molecular complexity index is 597. The molecule has 1 N–H and O–H groups in total. The molecular formula is C17H25N3O2. The lowest BCUT2D eigenvalue weighted by Gasteiger charge is -2.33. The lowest BCUT2D eigenvalue weighted by molar-refractivity contribution is 0.0475. The third-order valence-corrected chi connectivity index (χ3v) is 4.65. The molecule has 0 radical (unpaired) electrons. The maximum Gasteiger partial charge on any atom is 0.137 e. The van der Waals surface area contributed by atoms with Crippen molar-refractivity contribution in [1.82, 2.24) is 14.5 Å². The smallest absolute Gasteiger partial charge is 0.137 e. The van der Waals surface area contributed by atoms with E-state index in [-0.39, 0.29) is 0 Å². The second kappa shape index (κ2) is 6.67. The van der Waals surface area contributed by atoms with Crippen molar-refractivity contribution in [1.29, 1.82) is 0 Å². The van der Waals surface area contributed by atoms with Crippen LogP contribution in [0.2, 0.25) is 0 Å². The molecule has 22 heavy (non-hydrogen) atoms. The number of furan rings is 1. The van der Waals surface area contributed by atoms with Crippen LogP contribution in [-0.4, -0.2) is 32.6 Å². The number of aliphatic hydroxyl groups excluding tert-OH is 1. The highest BCUT2D eigenvalue weighted by molar-refractivity contribution is 5.07. The molecule has 0 amide bonds. The first-order valence-corrected chi connectivity index (χ1v) is 8.12. The highest BCUT2D eigenvalue weighted by Crippen LogP contribution is 2.30. The Balaban J connectivity index is 1.53. The number of aryl methyl sites for hydroxylation is 2. The minimum Gasteiger partial charge on any atom is -0.465 e. The number of hydrogen-bond donors (Lipinski definition) is 1. The molecule has 2 aromatic heterocycles. The fraction of sp³-hybridized carbons (Fsp3) is 0.588. The van der Waals surface area contributed by atoms with E-state index in [1.54, 1.807) is 6.20 Å². The van der Waals surface area contributed by atoms with Crippen LogP contribution in [0, 0.1) is 5.92 Å². The van der Waals surface area contributed by atoms with Crippen molar-refractivity contribution in [2.24, 2.45) is 13.0 Å². The van der Waals surface area contributed by atoms with Gasteiger partial charge in [0.2, 0.25) is 0 Å². The third kappa shape index (κ3) is 3.25. The number of imidazole rings is 1. The van der Waals surface area contributed by atoms with E-state index in [2.05, 4.69) is 28.9 Å². The molecule has 0 saturated carbocycles. The number of nitrogens with zero attached hydrogens (tertiary/aromatic N) is 3. The number of aromatic nitrogens is 2. The van der Waals surface area contributed by atoms with E-state index in [9.17, 15) is 5.11 Å². The van der Waals surface area contributed by atoms with Gasteiger partial charge in [-0.05, 0) is 44.0 Å². The van der Waals surface area contributed by atoms with Crippen molar-refractivity contribution >= 4 is 0 Å². The third-order valence-electron chi connectivity index (χ3n) is 4.65. The fourth-order valence-electron chi connectivity index (χ4n) is 3.22. The van der Waals surface area contributed by atoms with Gasteiger partial charge in [0, 0.05) is 25.9 Å². The van der Waals surface area contributed by atoms with Crippen molar-refractivity contribution < 1.29 is 9.52 Å². The minimum absolute atomic E-state index is 0.292. The summed E-state index contributed by atoms with van der Waals surface area (Å²) in [5, 5.41) is 10.5. The van der Waals surface area contributed by atoms with Gasteiger partial charge in [-0.3, -0.25) is 4.90 Å². The van der Waals surface area contributed by atoms with Gasteiger partial charge in [0.25, 0.3) is 0 Å². The maximum absolute atomic E-state index is 10.5. The van der Waals surface area contributed by atoms with Gasteiger partial charge in [-0.2, -0.15) is 0 Å². The summed E-state index contributed by atoms with van der Waals surface area (Å²) in [5.41, 5.74) is 0. The molecule has 1 atom stereocenters. The Morgan fingerprint density at radius 1 is 1.32 bits per heavy atom. The molecule has 1 fully saturated rings. The first-order chi connectivity index (χ1) is 10.7. The number of rotatable bonds is 5. The summed E-state index contributed by atoms with van der Waals surface area (Å²) in [6, 6.07) is 4.14. The lowest BCUT2D eigenvalue weighted by Crippen LogP contribution is -2.35. The molecule has 1 aliphatic heterocycles. The Kier molecular flexibility index (Phi) is 4.64. The molecular weight excluding hydrogens is 278 g/mol. The van der Waals surface area contributed by atoms with Crippen LogP contribution < -0.4 is 0 Å². The summed E-state index contributed by atoms with van der Waals surface area (Å²) < 4.78 is 7.69. The second-order valence-electron chi connectivity index (χ2n) is 6.18. The normalized spacial score (nSPS) is 18.7. The van der Waals surface area contributed by atoms with Crippen LogP contribution in [0.15, 0.2) is 28.9 Å². The number of aliphatic hydroxyl groups is 1. The molecule has 1 unspecified atom stereocenters. The van der Waals surface area contributed by atoms with E-state index < -0.39 is 6.10 Å². The number of likely N-dealkylation sites (tertiary alicyclic amines) is 1. The molecule has 120 valence electrons. The molecule has 1 aliphatic rings. The molecule has 5 nitrogen and oxygen atoms in total. The zero-order valence-corrected chi connectivity index (χ0v) is 13.4. The van der Waals surface area contributed by atoms with Crippen LogP contribution in [0.1, 0.15) is 43.2 Å². The topological polar surface area (TPSA) is 54.4 Å². The zero-order valence-electron chi connectivity index (χ0n) is 13.4. The van der Waals surface area contributed by atoms with E-state index in [1.165, 1.54) is 0 Å². The molecule has 3 rings (SSSR count). The Hall–Kier alpha value is -1.59. The Morgan fingerprint density at radius 2 is 2.05 bits per heavy atom. The van der Waals surface area contributed by atoms with Crippen molar-refractivity contribution in [2.75, 3.05) is 13.1 Å². The monoisotopic (exact) mass is 303 g/mol. The van der Waals surface area contributed by atoms with Crippen LogP contribution in [0.5, 0.6) is 0 Å². The molecule has 5 heteroatoms. The highest BCUT2D eigenvalue weighted by Gasteiger charge is 2.28. The number of piperidine rings is 1. The molecule has 2 aromatic rings. The van der Waals surface area contributed by atoms with Gasteiger partial charge in [-0.15, -0.1) is 0 Å². The average molecular weight is 303 g/mol. The summed E-state index contributed by atoms with van der Waals surface area (Å²) in [4.78, 5) is 6.68. The standard InChI is InChI=1S/C17H25N3O2/c1-3-14-4-5-15(22-14)12-20-9-6-13(7-10-20)16(21)17-18-8-11-19(17)2/h4-5,8,11,13,16,21H,3,6-7,9-10,12H2,1-2H3. The van der Waals surface area contributed by atoms with E-state index in [4.69, 9.17) is 4.42 Å². The molecule has 0 aromatic carbocycles. The van der Waals surface area contributed by atoms with Crippen molar-refractivity contribution in [2.45, 2.75) is 38.8 Å². The van der Waals surface area contributed by atoms with Gasteiger partial charge >= 0.3 is 0 Å². The predicted molar refractivity (Wildman–Crippen MR) is 84.3 cm³/mol. The lowest BCUT2D eigenvalue weighted by atomic mass is 9.90. The largest absolute Gasteiger partial charge is 0.465 e. The first kappa shape index (κ1) is 15.3. The minimum atomic E-state index is -0.461. The van der Waals surface area contributed by atoms with Crippen molar-refractivity contribution in [3.8, 4) is 0 Å². The molecule has 3 heterocycles. The quantitative estimate of drug-likeness (QED) is 0.922. The SMILES string of the molecule is CCc1ccc(CN2CCC(C(O)c3nccn3C)CC2)o1. The molecule has 0 bridgehead atoms. The summed E-state index contributed by atoms with van der Waals surface area (Å²) in [5.74, 6) is 3.16. The summed E-state index contributed by atoms with van der Waals surface area (Å²) in [6.45, 7) is 4.96. The molecule has 1 saturated heterocycles. The van der Waals surface area contributed by atoms with Gasteiger partial charge in [-0.1, -0.05) is 6.92 Å². The average Bonchev–Trinajstić information content (AvgIpc) is 3.16. The molecule has 0 aliphatic carbocycles. The Labute approximate surface area is 131 Å². The first-order valence-electron chi connectivity index (χ1n) is 8.12. The van der Waals surface area contributed by atoms with E-state index in [0.717, 1.165) is 56.2 Å². The van der Waals surface area contributed by atoms with Gasteiger partial charge in [0.05, 0.1) is 6.54 Å². The van der Waals surface area contributed by atoms with E-state index in [0.29, 0.717) is 5.92 Å². The second-order valence-corrected chi connectivity index (χ2v) is 6.18. The van der Waals surface area contributed by atoms with E-state index in [1.807, 2.05) is 17.8 Å². The van der Waals surface area contributed by atoms with E-state index >= 15 is 0 Å². The highest BCUT2D eigenvalue weighted by atomic mass is 16.3. The van der Waals surface area contributed by atoms with Crippen LogP contribution >= 0.6 is 0 Å². The van der Waals surface area contributed by atoms with Gasteiger partial charge in [0.15, 0.2) is 0 Å². The predicted octanol–water partition coefficient (Wildman–Crippen LogP) is 2.52. The summed E-state index contributed by atoms with van der Waals surface area (Å²) in [7, 11) is 1.93. The maximum atomic E-state index is 10.5. The van der Waals surface area contributed by atoms with Crippen molar-refractivity contribution in [3.63, 3.8) is 0 Å². The number of hydrogen-bond acceptors (Lipinski definition) is 4. The van der Waals surface area contributed by atoms with Gasteiger partial charge < -0.3 is 14.1 Å². The molecule has 0 spiro atoms.